The highest BCUT2D eigenvalue weighted by Gasteiger charge is 2.28. The minimum Gasteiger partial charge on any atom is -0.481 e. The van der Waals surface area contributed by atoms with Crippen molar-refractivity contribution in [2.75, 3.05) is 0 Å². The molecule has 0 aliphatic rings. The average molecular weight is 298 g/mol. The molecule has 0 aromatic rings. The number of hydrogen-bond donors (Lipinski definition) is 2. The highest BCUT2D eigenvalue weighted by molar-refractivity contribution is 5.97. The molecule has 2 N–H and O–H groups in total. The van der Waals surface area contributed by atoms with Crippen LogP contribution in [0.3, 0.4) is 0 Å². The van der Waals surface area contributed by atoms with Crippen molar-refractivity contribution in [2.24, 2.45) is 11.8 Å². The summed E-state index contributed by atoms with van der Waals surface area (Å²) in [6, 6.07) is 0. The van der Waals surface area contributed by atoms with Gasteiger partial charge in [0.1, 0.15) is 5.92 Å². The SMILES string of the molecule is CC(=CC(C(=O)O)C(=CC(C)C)C(=O)OC(C)C)C(=O)O. The van der Waals surface area contributed by atoms with Gasteiger partial charge in [-0.25, -0.2) is 9.59 Å². The van der Waals surface area contributed by atoms with Crippen LogP contribution in [0.4, 0.5) is 0 Å². The molecule has 1 atom stereocenters. The smallest absolute Gasteiger partial charge is 0.335 e. The van der Waals surface area contributed by atoms with Crippen molar-refractivity contribution in [2.45, 2.75) is 40.7 Å². The molecule has 0 saturated heterocycles. The normalized spacial score (nSPS) is 14.2. The van der Waals surface area contributed by atoms with Crippen LogP contribution in [0.15, 0.2) is 23.3 Å². The van der Waals surface area contributed by atoms with Crippen molar-refractivity contribution in [3.63, 3.8) is 0 Å². The fraction of sp³-hybridized carbons (Fsp3) is 0.533. The Kier molecular flexibility index (Phi) is 7.41. The molecule has 118 valence electrons. The van der Waals surface area contributed by atoms with Crippen LogP contribution in [0.5, 0.6) is 0 Å². The van der Waals surface area contributed by atoms with E-state index >= 15 is 0 Å². The van der Waals surface area contributed by atoms with Crippen LogP contribution < -0.4 is 0 Å². The number of aliphatic carboxylic acids is 2. The van der Waals surface area contributed by atoms with Crippen LogP contribution in [0.2, 0.25) is 0 Å². The van der Waals surface area contributed by atoms with E-state index in [1.807, 2.05) is 0 Å². The van der Waals surface area contributed by atoms with Gasteiger partial charge in [-0.05, 0) is 26.7 Å². The summed E-state index contributed by atoms with van der Waals surface area (Å²) in [6.07, 6.45) is 2.13. The maximum Gasteiger partial charge on any atom is 0.335 e. The van der Waals surface area contributed by atoms with E-state index in [9.17, 15) is 19.5 Å². The van der Waals surface area contributed by atoms with Gasteiger partial charge in [-0.3, -0.25) is 4.79 Å². The Balaban J connectivity index is 5.73. The van der Waals surface area contributed by atoms with Crippen LogP contribution in [0.1, 0.15) is 34.6 Å². The van der Waals surface area contributed by atoms with Crippen LogP contribution in [0, 0.1) is 11.8 Å². The Bertz CT molecular complexity index is 471. The number of rotatable bonds is 7. The fourth-order valence-corrected chi connectivity index (χ4v) is 1.56. The Morgan fingerprint density at radius 2 is 1.52 bits per heavy atom. The summed E-state index contributed by atoms with van der Waals surface area (Å²) in [4.78, 5) is 34.3. The molecule has 6 nitrogen and oxygen atoms in total. The first-order chi connectivity index (χ1) is 9.56. The molecule has 1 unspecified atom stereocenters. The molecule has 0 spiro atoms. The summed E-state index contributed by atoms with van der Waals surface area (Å²) in [7, 11) is 0. The Hall–Kier alpha value is -2.11. The lowest BCUT2D eigenvalue weighted by Crippen LogP contribution is -2.24. The van der Waals surface area contributed by atoms with Gasteiger partial charge in [0.2, 0.25) is 0 Å². The lowest BCUT2D eigenvalue weighted by Gasteiger charge is -2.16. The lowest BCUT2D eigenvalue weighted by molar-refractivity contribution is -0.147. The molecule has 0 aliphatic carbocycles. The monoisotopic (exact) mass is 298 g/mol. The fourth-order valence-electron chi connectivity index (χ4n) is 1.56. The Morgan fingerprint density at radius 3 is 1.86 bits per heavy atom. The molecular formula is C15H22O6. The second-order valence-corrected chi connectivity index (χ2v) is 5.29. The van der Waals surface area contributed by atoms with Gasteiger partial charge in [0.25, 0.3) is 0 Å². The highest BCUT2D eigenvalue weighted by atomic mass is 16.5. The summed E-state index contributed by atoms with van der Waals surface area (Å²) in [5, 5.41) is 18.1. The van der Waals surface area contributed by atoms with Crippen molar-refractivity contribution in [1.29, 1.82) is 0 Å². The lowest BCUT2D eigenvalue weighted by atomic mass is 9.93. The zero-order valence-corrected chi connectivity index (χ0v) is 12.9. The van der Waals surface area contributed by atoms with E-state index < -0.39 is 29.9 Å². The standard InChI is InChI=1S/C15H22O6/c1-8(2)6-12(15(20)21-9(3)4)11(14(18)19)7-10(5)13(16)17/h6-9,11H,1-5H3,(H,16,17)(H,18,19). The van der Waals surface area contributed by atoms with Crippen LogP contribution >= 0.6 is 0 Å². The molecule has 0 bridgehead atoms. The van der Waals surface area contributed by atoms with Gasteiger partial charge >= 0.3 is 17.9 Å². The topological polar surface area (TPSA) is 101 Å². The predicted molar refractivity (Wildman–Crippen MR) is 76.7 cm³/mol. The second kappa shape index (κ2) is 8.24. The van der Waals surface area contributed by atoms with Gasteiger partial charge in [0, 0.05) is 5.57 Å². The van der Waals surface area contributed by atoms with Crippen molar-refractivity contribution < 1.29 is 29.3 Å². The number of esters is 1. The molecule has 21 heavy (non-hydrogen) atoms. The summed E-state index contributed by atoms with van der Waals surface area (Å²) in [5.74, 6) is -4.72. The third-order valence-electron chi connectivity index (χ3n) is 2.45. The van der Waals surface area contributed by atoms with E-state index in [2.05, 4.69) is 0 Å². The predicted octanol–water partition coefficient (Wildman–Crippen LogP) is 2.25. The number of hydrogen-bond acceptors (Lipinski definition) is 4. The molecule has 0 fully saturated rings. The van der Waals surface area contributed by atoms with Gasteiger partial charge in [-0.1, -0.05) is 26.0 Å². The first kappa shape index (κ1) is 18.9. The Morgan fingerprint density at radius 1 is 1.00 bits per heavy atom. The third kappa shape index (κ3) is 6.74. The zero-order chi connectivity index (χ0) is 16.7. The highest BCUT2D eigenvalue weighted by Crippen LogP contribution is 2.20. The van der Waals surface area contributed by atoms with E-state index in [0.717, 1.165) is 6.08 Å². The van der Waals surface area contributed by atoms with Gasteiger partial charge in [-0.15, -0.1) is 0 Å². The summed E-state index contributed by atoms with van der Waals surface area (Å²) in [6.45, 7) is 8.15. The quantitative estimate of drug-likeness (QED) is 0.552. The zero-order valence-electron chi connectivity index (χ0n) is 12.9. The average Bonchev–Trinajstić information content (AvgIpc) is 2.31. The van der Waals surface area contributed by atoms with E-state index in [-0.39, 0.29) is 17.1 Å². The number of allylic oxidation sites excluding steroid dienone is 1. The van der Waals surface area contributed by atoms with Gasteiger partial charge in [-0.2, -0.15) is 0 Å². The van der Waals surface area contributed by atoms with Crippen molar-refractivity contribution in [3.05, 3.63) is 23.3 Å². The first-order valence-electron chi connectivity index (χ1n) is 6.63. The van der Waals surface area contributed by atoms with Gasteiger partial charge < -0.3 is 14.9 Å². The molecule has 6 heteroatoms. The maximum atomic E-state index is 12.1. The van der Waals surface area contributed by atoms with E-state index in [1.165, 1.54) is 13.0 Å². The molecule has 0 radical (unpaired) electrons. The molecule has 0 saturated carbocycles. The molecule has 0 aromatic carbocycles. The molecule has 0 rings (SSSR count). The van der Waals surface area contributed by atoms with Crippen molar-refractivity contribution in [3.8, 4) is 0 Å². The minimum absolute atomic E-state index is 0.0631. The molecule has 0 aliphatic heterocycles. The number of carboxylic acids is 2. The summed E-state index contributed by atoms with van der Waals surface area (Å²) >= 11 is 0. The molecular weight excluding hydrogens is 276 g/mol. The second-order valence-electron chi connectivity index (χ2n) is 5.29. The summed E-state index contributed by atoms with van der Waals surface area (Å²) in [5.41, 5.74) is -0.207. The minimum atomic E-state index is -1.35. The van der Waals surface area contributed by atoms with Crippen LogP contribution in [-0.2, 0) is 19.1 Å². The third-order valence-corrected chi connectivity index (χ3v) is 2.45. The maximum absolute atomic E-state index is 12.1. The number of carboxylic acid groups (broad SMARTS) is 2. The van der Waals surface area contributed by atoms with E-state index in [1.54, 1.807) is 27.7 Å². The van der Waals surface area contributed by atoms with Crippen LogP contribution in [-0.4, -0.2) is 34.2 Å². The van der Waals surface area contributed by atoms with E-state index in [0.29, 0.717) is 0 Å². The molecule has 0 aromatic heterocycles. The van der Waals surface area contributed by atoms with Gasteiger partial charge in [0.15, 0.2) is 0 Å². The van der Waals surface area contributed by atoms with E-state index in [4.69, 9.17) is 9.84 Å². The largest absolute Gasteiger partial charge is 0.481 e. The first-order valence-corrected chi connectivity index (χ1v) is 6.63. The van der Waals surface area contributed by atoms with Gasteiger partial charge in [0.05, 0.1) is 11.7 Å². The Labute approximate surface area is 124 Å². The molecule has 0 amide bonds. The number of carbonyl (C=O) groups excluding carboxylic acids is 1. The number of carbonyl (C=O) groups is 3. The summed E-state index contributed by atoms with van der Waals surface area (Å²) < 4.78 is 5.04. The number of ether oxygens (including phenoxy) is 1. The van der Waals surface area contributed by atoms with Crippen LogP contribution in [0.25, 0.3) is 0 Å². The van der Waals surface area contributed by atoms with Crippen molar-refractivity contribution in [1.82, 2.24) is 0 Å². The molecule has 0 heterocycles. The van der Waals surface area contributed by atoms with Crippen molar-refractivity contribution >= 4 is 17.9 Å².